The molecule has 0 fully saturated rings. The van der Waals surface area contributed by atoms with Crippen LogP contribution in [0.4, 0.5) is 10.2 Å². The van der Waals surface area contributed by atoms with Gasteiger partial charge < -0.3 is 15.4 Å². The van der Waals surface area contributed by atoms with Gasteiger partial charge in [-0.25, -0.2) is 14.4 Å². The molecule has 0 aliphatic carbocycles. The van der Waals surface area contributed by atoms with Gasteiger partial charge in [0.1, 0.15) is 23.2 Å². The standard InChI is InChI=1S/C18H23FN4O2/c1-13-22-16(12-17(23-13)20-9-3-11-25-2)18(24)21-10-8-14-4-6-15(19)7-5-14/h4-7,12H,3,8-11H2,1-2H3,(H,21,24)(H,20,22,23). The van der Waals surface area contributed by atoms with Gasteiger partial charge in [-0.05, 0) is 37.5 Å². The van der Waals surface area contributed by atoms with Crippen LogP contribution in [0, 0.1) is 12.7 Å². The maximum atomic E-state index is 12.9. The second-order valence-electron chi connectivity index (χ2n) is 5.59. The Balaban J connectivity index is 1.87. The molecule has 0 atom stereocenters. The van der Waals surface area contributed by atoms with Gasteiger partial charge in [0.2, 0.25) is 0 Å². The van der Waals surface area contributed by atoms with Crippen LogP contribution in [0.5, 0.6) is 0 Å². The van der Waals surface area contributed by atoms with Crippen LogP contribution in [-0.2, 0) is 11.2 Å². The normalized spacial score (nSPS) is 10.5. The van der Waals surface area contributed by atoms with E-state index in [-0.39, 0.29) is 11.7 Å². The van der Waals surface area contributed by atoms with Gasteiger partial charge in [0.15, 0.2) is 0 Å². The molecule has 2 N–H and O–H groups in total. The number of rotatable bonds is 9. The number of aryl methyl sites for hydroxylation is 1. The molecule has 7 heteroatoms. The summed E-state index contributed by atoms with van der Waals surface area (Å²) in [7, 11) is 1.66. The lowest BCUT2D eigenvalue weighted by Gasteiger charge is -2.09. The minimum absolute atomic E-state index is 0.257. The van der Waals surface area contributed by atoms with Crippen molar-refractivity contribution in [2.75, 3.05) is 32.1 Å². The van der Waals surface area contributed by atoms with E-state index in [0.717, 1.165) is 12.0 Å². The van der Waals surface area contributed by atoms with Gasteiger partial charge in [0, 0.05) is 32.9 Å². The SMILES string of the molecule is COCCCNc1cc(C(=O)NCCc2ccc(F)cc2)nc(C)n1. The summed E-state index contributed by atoms with van der Waals surface area (Å²) in [6, 6.07) is 7.86. The third-order valence-corrected chi connectivity index (χ3v) is 3.51. The molecule has 0 spiro atoms. The molecule has 0 radical (unpaired) electrons. The fraction of sp³-hybridized carbons (Fsp3) is 0.389. The Morgan fingerprint density at radius 3 is 2.68 bits per heavy atom. The molecule has 2 rings (SSSR count). The summed E-state index contributed by atoms with van der Waals surface area (Å²) in [5.74, 6) is 0.620. The molecule has 0 bridgehead atoms. The molecule has 0 aliphatic rings. The summed E-state index contributed by atoms with van der Waals surface area (Å²) in [4.78, 5) is 20.7. The number of anilines is 1. The van der Waals surface area contributed by atoms with Crippen molar-refractivity contribution in [3.8, 4) is 0 Å². The number of halogens is 1. The maximum absolute atomic E-state index is 12.9. The Morgan fingerprint density at radius 2 is 1.96 bits per heavy atom. The minimum Gasteiger partial charge on any atom is -0.385 e. The van der Waals surface area contributed by atoms with Crippen molar-refractivity contribution >= 4 is 11.7 Å². The van der Waals surface area contributed by atoms with E-state index in [1.54, 1.807) is 32.2 Å². The monoisotopic (exact) mass is 346 g/mol. The number of amides is 1. The lowest BCUT2D eigenvalue weighted by atomic mass is 10.1. The molecule has 1 amide bonds. The van der Waals surface area contributed by atoms with Crippen LogP contribution >= 0.6 is 0 Å². The number of hydrogen-bond donors (Lipinski definition) is 2. The van der Waals surface area contributed by atoms with E-state index in [1.807, 2.05) is 0 Å². The molecular formula is C18H23FN4O2. The number of methoxy groups -OCH3 is 1. The molecule has 0 aliphatic heterocycles. The fourth-order valence-corrected chi connectivity index (χ4v) is 2.27. The van der Waals surface area contributed by atoms with Crippen molar-refractivity contribution in [3.05, 3.63) is 53.2 Å². The highest BCUT2D eigenvalue weighted by molar-refractivity contribution is 5.92. The number of nitrogens with one attached hydrogen (secondary N) is 2. The summed E-state index contributed by atoms with van der Waals surface area (Å²) in [6.45, 7) is 3.56. The first-order chi connectivity index (χ1) is 12.1. The highest BCUT2D eigenvalue weighted by atomic mass is 19.1. The van der Waals surface area contributed by atoms with E-state index in [9.17, 15) is 9.18 Å². The average Bonchev–Trinajstić information content (AvgIpc) is 2.60. The first-order valence-corrected chi connectivity index (χ1v) is 8.19. The summed E-state index contributed by atoms with van der Waals surface area (Å²) >= 11 is 0. The first-order valence-electron chi connectivity index (χ1n) is 8.19. The zero-order valence-corrected chi connectivity index (χ0v) is 14.5. The van der Waals surface area contributed by atoms with E-state index in [1.165, 1.54) is 12.1 Å². The average molecular weight is 346 g/mol. The van der Waals surface area contributed by atoms with Crippen molar-refractivity contribution in [1.82, 2.24) is 15.3 Å². The van der Waals surface area contributed by atoms with E-state index in [0.29, 0.717) is 43.5 Å². The molecule has 1 aromatic heterocycles. The summed E-state index contributed by atoms with van der Waals surface area (Å²) < 4.78 is 17.9. The van der Waals surface area contributed by atoms with Crippen LogP contribution < -0.4 is 10.6 Å². The second-order valence-corrected chi connectivity index (χ2v) is 5.59. The van der Waals surface area contributed by atoms with Crippen molar-refractivity contribution < 1.29 is 13.9 Å². The predicted octanol–water partition coefficient (Wildman–Crippen LogP) is 2.35. The quantitative estimate of drug-likeness (QED) is 0.682. The smallest absolute Gasteiger partial charge is 0.270 e. The van der Waals surface area contributed by atoms with Gasteiger partial charge in [0.05, 0.1) is 0 Å². The van der Waals surface area contributed by atoms with Crippen molar-refractivity contribution in [3.63, 3.8) is 0 Å². The Bertz CT molecular complexity index is 692. The van der Waals surface area contributed by atoms with Gasteiger partial charge in [-0.2, -0.15) is 0 Å². The predicted molar refractivity (Wildman–Crippen MR) is 94.2 cm³/mol. The number of benzene rings is 1. The van der Waals surface area contributed by atoms with Crippen LogP contribution in [-0.4, -0.2) is 42.7 Å². The molecule has 134 valence electrons. The lowest BCUT2D eigenvalue weighted by Crippen LogP contribution is -2.27. The van der Waals surface area contributed by atoms with Crippen LogP contribution in [0.1, 0.15) is 28.3 Å². The zero-order chi connectivity index (χ0) is 18.1. The number of nitrogens with zero attached hydrogens (tertiary/aromatic N) is 2. The third kappa shape index (κ3) is 6.46. The topological polar surface area (TPSA) is 76.1 Å². The van der Waals surface area contributed by atoms with Crippen LogP contribution in [0.3, 0.4) is 0 Å². The number of aromatic nitrogens is 2. The molecule has 0 saturated carbocycles. The highest BCUT2D eigenvalue weighted by Crippen LogP contribution is 2.07. The molecular weight excluding hydrogens is 323 g/mol. The molecule has 0 unspecified atom stereocenters. The van der Waals surface area contributed by atoms with E-state index < -0.39 is 0 Å². The molecule has 0 saturated heterocycles. The Kier molecular flexibility index (Phi) is 7.28. The fourth-order valence-electron chi connectivity index (χ4n) is 2.27. The number of carbonyl (C=O) groups excluding carboxylic acids is 1. The lowest BCUT2D eigenvalue weighted by molar-refractivity contribution is 0.0948. The minimum atomic E-state index is -0.269. The van der Waals surface area contributed by atoms with Crippen LogP contribution in [0.15, 0.2) is 30.3 Å². The molecule has 6 nitrogen and oxygen atoms in total. The molecule has 25 heavy (non-hydrogen) atoms. The van der Waals surface area contributed by atoms with Gasteiger partial charge in [-0.1, -0.05) is 12.1 Å². The zero-order valence-electron chi connectivity index (χ0n) is 14.5. The third-order valence-electron chi connectivity index (χ3n) is 3.51. The first kappa shape index (κ1) is 18.8. The van der Waals surface area contributed by atoms with E-state index >= 15 is 0 Å². The summed E-state index contributed by atoms with van der Waals surface area (Å²) in [5, 5.41) is 5.98. The van der Waals surface area contributed by atoms with Gasteiger partial charge >= 0.3 is 0 Å². The molecule has 2 aromatic rings. The van der Waals surface area contributed by atoms with Crippen molar-refractivity contribution in [2.24, 2.45) is 0 Å². The van der Waals surface area contributed by atoms with Crippen LogP contribution in [0.25, 0.3) is 0 Å². The van der Waals surface area contributed by atoms with Gasteiger partial charge in [-0.3, -0.25) is 4.79 Å². The van der Waals surface area contributed by atoms with Crippen LogP contribution in [0.2, 0.25) is 0 Å². The van der Waals surface area contributed by atoms with Crippen molar-refractivity contribution in [2.45, 2.75) is 19.8 Å². The van der Waals surface area contributed by atoms with Gasteiger partial charge in [0.25, 0.3) is 5.91 Å². The number of carbonyl (C=O) groups is 1. The maximum Gasteiger partial charge on any atom is 0.270 e. The Labute approximate surface area is 146 Å². The number of ether oxygens (including phenoxy) is 1. The highest BCUT2D eigenvalue weighted by Gasteiger charge is 2.10. The summed E-state index contributed by atoms with van der Waals surface area (Å²) in [5.41, 5.74) is 1.28. The Morgan fingerprint density at radius 1 is 1.20 bits per heavy atom. The van der Waals surface area contributed by atoms with Gasteiger partial charge in [-0.15, -0.1) is 0 Å². The summed E-state index contributed by atoms with van der Waals surface area (Å²) in [6.07, 6.45) is 1.47. The second kappa shape index (κ2) is 9.68. The molecule has 1 heterocycles. The molecule has 1 aromatic carbocycles. The largest absolute Gasteiger partial charge is 0.385 e. The van der Waals surface area contributed by atoms with E-state index in [4.69, 9.17) is 4.74 Å². The Hall–Kier alpha value is -2.54. The van der Waals surface area contributed by atoms with E-state index in [2.05, 4.69) is 20.6 Å². The number of hydrogen-bond acceptors (Lipinski definition) is 5. The van der Waals surface area contributed by atoms with Crippen molar-refractivity contribution in [1.29, 1.82) is 0 Å².